The summed E-state index contributed by atoms with van der Waals surface area (Å²) < 4.78 is 12.1. The fraction of sp³-hybridized carbons (Fsp3) is 0.333. The molecule has 3 aromatic rings. The lowest BCUT2D eigenvalue weighted by Gasteiger charge is -2.09. The third-order valence-corrected chi connectivity index (χ3v) is 4.60. The van der Waals surface area contributed by atoms with Crippen LogP contribution in [0, 0.1) is 13.8 Å². The van der Waals surface area contributed by atoms with Gasteiger partial charge < -0.3 is 18.8 Å². The van der Waals surface area contributed by atoms with Gasteiger partial charge in [-0.15, -0.1) is 10.2 Å². The summed E-state index contributed by atoms with van der Waals surface area (Å²) in [5.41, 5.74) is 0.882. The van der Waals surface area contributed by atoms with E-state index in [4.69, 9.17) is 8.94 Å². The molecule has 0 fully saturated rings. The molecule has 3 aromatic heterocycles. The molecule has 0 aliphatic carbocycles. The van der Waals surface area contributed by atoms with Crippen LogP contribution in [0.3, 0.4) is 0 Å². The van der Waals surface area contributed by atoms with Crippen molar-refractivity contribution in [2.45, 2.75) is 31.2 Å². The van der Waals surface area contributed by atoms with E-state index in [-0.39, 0.29) is 11.2 Å². The average molecular weight is 347 g/mol. The Morgan fingerprint density at radius 3 is 2.79 bits per heavy atom. The molecule has 0 spiro atoms. The first-order valence-electron chi connectivity index (χ1n) is 7.30. The molecule has 0 radical (unpaired) electrons. The summed E-state index contributed by atoms with van der Waals surface area (Å²) in [5, 5.41) is 15.1. The van der Waals surface area contributed by atoms with Gasteiger partial charge in [-0.3, -0.25) is 4.79 Å². The van der Waals surface area contributed by atoms with Crippen molar-refractivity contribution in [2.75, 3.05) is 5.32 Å². The molecule has 3 heterocycles. The first-order chi connectivity index (χ1) is 11.5. The number of thioether (sulfide) groups is 1. The van der Waals surface area contributed by atoms with Crippen LogP contribution in [0.25, 0.3) is 11.4 Å². The Labute approximate surface area is 142 Å². The standard InChI is InChI=1S/C15H17N5O3S/c1-8-7-12(19-23-8)16-14(21)10(3)24-15-18-17-13(20(15)4)11-5-6-22-9(11)2/h5-7,10H,1-4H3,(H,16,19,21)/t10-/m0/s1. The molecule has 0 unspecified atom stereocenters. The van der Waals surface area contributed by atoms with Crippen LogP contribution >= 0.6 is 11.8 Å². The summed E-state index contributed by atoms with van der Waals surface area (Å²) >= 11 is 1.32. The maximum absolute atomic E-state index is 12.2. The van der Waals surface area contributed by atoms with Crippen LogP contribution in [0.4, 0.5) is 5.82 Å². The fourth-order valence-electron chi connectivity index (χ4n) is 2.13. The lowest BCUT2D eigenvalue weighted by atomic mass is 10.2. The zero-order valence-electron chi connectivity index (χ0n) is 13.7. The second kappa shape index (κ2) is 6.52. The maximum Gasteiger partial charge on any atom is 0.238 e. The highest BCUT2D eigenvalue weighted by molar-refractivity contribution is 8.00. The Morgan fingerprint density at radius 2 is 2.17 bits per heavy atom. The van der Waals surface area contributed by atoms with E-state index in [0.29, 0.717) is 22.6 Å². The van der Waals surface area contributed by atoms with Crippen molar-refractivity contribution in [3.05, 3.63) is 29.9 Å². The summed E-state index contributed by atoms with van der Waals surface area (Å²) in [5.74, 6) is 2.33. The third kappa shape index (κ3) is 3.21. The zero-order chi connectivity index (χ0) is 17.3. The monoisotopic (exact) mass is 347 g/mol. The number of aromatic nitrogens is 4. The zero-order valence-corrected chi connectivity index (χ0v) is 14.5. The van der Waals surface area contributed by atoms with Crippen molar-refractivity contribution in [1.29, 1.82) is 0 Å². The minimum absolute atomic E-state index is 0.183. The topological polar surface area (TPSA) is 99.0 Å². The van der Waals surface area contributed by atoms with Gasteiger partial charge in [0.25, 0.3) is 0 Å². The highest BCUT2D eigenvalue weighted by Gasteiger charge is 2.21. The van der Waals surface area contributed by atoms with Crippen LogP contribution in [0.2, 0.25) is 0 Å². The second-order valence-corrected chi connectivity index (χ2v) is 6.64. The van der Waals surface area contributed by atoms with E-state index >= 15 is 0 Å². The Balaban J connectivity index is 1.71. The normalized spacial score (nSPS) is 12.3. The maximum atomic E-state index is 12.2. The quantitative estimate of drug-likeness (QED) is 0.708. The molecule has 1 amide bonds. The molecule has 1 N–H and O–H groups in total. The van der Waals surface area contributed by atoms with E-state index in [0.717, 1.165) is 11.3 Å². The fourth-order valence-corrected chi connectivity index (χ4v) is 2.95. The number of carbonyl (C=O) groups is 1. The molecule has 0 saturated carbocycles. The van der Waals surface area contributed by atoms with Gasteiger partial charge in [-0.1, -0.05) is 16.9 Å². The van der Waals surface area contributed by atoms with Crippen molar-refractivity contribution >= 4 is 23.5 Å². The number of furan rings is 1. The van der Waals surface area contributed by atoms with Crippen LogP contribution < -0.4 is 5.32 Å². The summed E-state index contributed by atoms with van der Waals surface area (Å²) in [7, 11) is 1.86. The van der Waals surface area contributed by atoms with E-state index < -0.39 is 0 Å². The Morgan fingerprint density at radius 1 is 1.38 bits per heavy atom. The lowest BCUT2D eigenvalue weighted by molar-refractivity contribution is -0.115. The molecule has 3 rings (SSSR count). The van der Waals surface area contributed by atoms with E-state index in [1.165, 1.54) is 11.8 Å². The van der Waals surface area contributed by atoms with Gasteiger partial charge in [0.15, 0.2) is 16.8 Å². The molecule has 1 atom stereocenters. The largest absolute Gasteiger partial charge is 0.469 e. The van der Waals surface area contributed by atoms with Crippen LogP contribution in [0.15, 0.2) is 32.5 Å². The van der Waals surface area contributed by atoms with Crippen LogP contribution in [0.5, 0.6) is 0 Å². The average Bonchev–Trinajstić information content (AvgIpc) is 3.22. The van der Waals surface area contributed by atoms with E-state index in [1.54, 1.807) is 26.2 Å². The van der Waals surface area contributed by atoms with Crippen molar-refractivity contribution in [3.63, 3.8) is 0 Å². The van der Waals surface area contributed by atoms with Crippen molar-refractivity contribution in [1.82, 2.24) is 19.9 Å². The Hall–Kier alpha value is -2.55. The predicted octanol–water partition coefficient (Wildman–Crippen LogP) is 2.80. The molecule has 0 bridgehead atoms. The number of amides is 1. The molecular weight excluding hydrogens is 330 g/mol. The number of rotatable bonds is 5. The lowest BCUT2D eigenvalue weighted by Crippen LogP contribution is -2.23. The Kier molecular flexibility index (Phi) is 4.43. The van der Waals surface area contributed by atoms with Crippen molar-refractivity contribution in [3.8, 4) is 11.4 Å². The number of hydrogen-bond acceptors (Lipinski definition) is 7. The molecule has 8 nitrogen and oxygen atoms in total. The second-order valence-electron chi connectivity index (χ2n) is 5.33. The Bertz CT molecular complexity index is 866. The van der Waals surface area contributed by atoms with Gasteiger partial charge in [0.1, 0.15) is 11.5 Å². The van der Waals surface area contributed by atoms with E-state index in [2.05, 4.69) is 20.7 Å². The highest BCUT2D eigenvalue weighted by Crippen LogP contribution is 2.28. The smallest absolute Gasteiger partial charge is 0.238 e. The van der Waals surface area contributed by atoms with E-state index in [1.807, 2.05) is 24.6 Å². The SMILES string of the molecule is Cc1cc(NC(=O)[C@H](C)Sc2nnc(-c3ccoc3C)n2C)no1. The van der Waals surface area contributed by atoms with Gasteiger partial charge in [0.05, 0.1) is 17.1 Å². The summed E-state index contributed by atoms with van der Waals surface area (Å²) in [6.07, 6.45) is 1.61. The van der Waals surface area contributed by atoms with Crippen LogP contribution in [-0.2, 0) is 11.8 Å². The van der Waals surface area contributed by atoms with Gasteiger partial charge in [-0.25, -0.2) is 0 Å². The number of carbonyl (C=O) groups excluding carboxylic acids is 1. The number of nitrogens with one attached hydrogen (secondary N) is 1. The van der Waals surface area contributed by atoms with Crippen molar-refractivity contribution in [2.24, 2.45) is 7.05 Å². The minimum atomic E-state index is -0.372. The number of anilines is 1. The van der Waals surface area contributed by atoms with Gasteiger partial charge in [0, 0.05) is 13.1 Å². The molecular formula is C15H17N5O3S. The van der Waals surface area contributed by atoms with Gasteiger partial charge in [0.2, 0.25) is 5.91 Å². The van der Waals surface area contributed by atoms with Crippen molar-refractivity contribution < 1.29 is 13.7 Å². The molecule has 24 heavy (non-hydrogen) atoms. The van der Waals surface area contributed by atoms with Crippen LogP contribution in [0.1, 0.15) is 18.4 Å². The summed E-state index contributed by atoms with van der Waals surface area (Å²) in [6.45, 7) is 5.43. The minimum Gasteiger partial charge on any atom is -0.469 e. The number of nitrogens with zero attached hydrogens (tertiary/aromatic N) is 4. The molecule has 126 valence electrons. The predicted molar refractivity (Wildman–Crippen MR) is 88.6 cm³/mol. The van der Waals surface area contributed by atoms with Gasteiger partial charge in [-0.05, 0) is 26.8 Å². The summed E-state index contributed by atoms with van der Waals surface area (Å²) in [4.78, 5) is 12.2. The highest BCUT2D eigenvalue weighted by atomic mass is 32.2. The number of aryl methyl sites for hydroxylation is 2. The molecule has 0 saturated heterocycles. The first kappa shape index (κ1) is 16.3. The first-order valence-corrected chi connectivity index (χ1v) is 8.18. The van der Waals surface area contributed by atoms with Crippen LogP contribution in [-0.4, -0.2) is 31.1 Å². The van der Waals surface area contributed by atoms with Gasteiger partial charge >= 0.3 is 0 Å². The van der Waals surface area contributed by atoms with Gasteiger partial charge in [-0.2, -0.15) is 0 Å². The molecule has 0 aliphatic rings. The molecule has 9 heteroatoms. The molecule has 0 aromatic carbocycles. The summed E-state index contributed by atoms with van der Waals surface area (Å²) in [6, 6.07) is 3.51. The third-order valence-electron chi connectivity index (χ3n) is 3.47. The van der Waals surface area contributed by atoms with E-state index in [9.17, 15) is 4.79 Å². The number of hydrogen-bond donors (Lipinski definition) is 1. The molecule has 0 aliphatic heterocycles.